The van der Waals surface area contributed by atoms with E-state index in [0.717, 1.165) is 29.3 Å². The molecule has 0 spiro atoms. The molecule has 0 fully saturated rings. The van der Waals surface area contributed by atoms with Crippen molar-refractivity contribution in [3.63, 3.8) is 0 Å². The Balaban J connectivity index is 1.38. The van der Waals surface area contributed by atoms with Gasteiger partial charge in [-0.25, -0.2) is 9.59 Å². The first-order valence-corrected chi connectivity index (χ1v) is 11.3. The molecule has 1 aromatic heterocycles. The molecule has 0 saturated heterocycles. The van der Waals surface area contributed by atoms with Gasteiger partial charge in [-0.3, -0.25) is 9.69 Å². The first-order chi connectivity index (χ1) is 16.6. The third-order valence-electron chi connectivity index (χ3n) is 5.78. The van der Waals surface area contributed by atoms with Crippen molar-refractivity contribution in [2.75, 3.05) is 25.1 Å². The Kier molecular flexibility index (Phi) is 6.53. The predicted octanol–water partition coefficient (Wildman–Crippen LogP) is 4.29. The number of hydrogen-bond acceptors (Lipinski definition) is 6. The molecule has 0 unspecified atom stereocenters. The molecule has 11 heteroatoms. The van der Waals surface area contributed by atoms with Gasteiger partial charge < -0.3 is 15.2 Å². The van der Waals surface area contributed by atoms with Crippen molar-refractivity contribution in [2.24, 2.45) is 0 Å². The fourth-order valence-electron chi connectivity index (χ4n) is 4.08. The van der Waals surface area contributed by atoms with Crippen LogP contribution in [0.25, 0.3) is 11.1 Å². The van der Waals surface area contributed by atoms with Gasteiger partial charge in [0, 0.05) is 13.0 Å². The van der Waals surface area contributed by atoms with Crippen LogP contribution in [0.5, 0.6) is 0 Å². The number of anilines is 1. The van der Waals surface area contributed by atoms with Gasteiger partial charge in [-0.2, -0.15) is 13.2 Å². The van der Waals surface area contributed by atoms with Crippen LogP contribution in [0.2, 0.25) is 0 Å². The fourth-order valence-corrected chi connectivity index (χ4v) is 4.93. The quantitative estimate of drug-likeness (QED) is 0.500. The maximum atomic E-state index is 14.6. The Bertz CT molecular complexity index is 1260. The molecule has 2 aromatic carbocycles. The summed E-state index contributed by atoms with van der Waals surface area (Å²) in [5.74, 6) is -7.31. The van der Waals surface area contributed by atoms with Crippen molar-refractivity contribution in [3.05, 3.63) is 70.9 Å². The third kappa shape index (κ3) is 4.59. The summed E-state index contributed by atoms with van der Waals surface area (Å²) in [4.78, 5) is 36.5. The van der Waals surface area contributed by atoms with Gasteiger partial charge in [0.1, 0.15) is 17.2 Å². The van der Waals surface area contributed by atoms with Gasteiger partial charge in [-0.15, -0.1) is 0 Å². The Morgan fingerprint density at radius 3 is 2.26 bits per heavy atom. The van der Waals surface area contributed by atoms with Crippen LogP contribution >= 0.6 is 11.5 Å². The number of hydrogen-bond donors (Lipinski definition) is 2. The number of alkyl carbamates (subject to hydrolysis) is 1. The molecule has 8 nitrogen and oxygen atoms in total. The molecule has 0 bridgehead atoms. The highest BCUT2D eigenvalue weighted by molar-refractivity contribution is 7.11. The number of carbonyl (C=O) groups is 3. The monoisotopic (exact) mass is 501 g/mol. The molecule has 182 valence electrons. The molecular formula is C24H21F2N3O5S. The van der Waals surface area contributed by atoms with E-state index in [-0.39, 0.29) is 28.8 Å². The Hall–Kier alpha value is -3.86. The number of carbonyl (C=O) groups excluding carboxylic acids is 2. The number of alkyl halides is 2. The van der Waals surface area contributed by atoms with E-state index in [4.69, 9.17) is 4.74 Å². The number of ether oxygens (including phenoxy) is 1. The number of nitrogens with one attached hydrogen (secondary N) is 1. The molecule has 1 aliphatic rings. The highest BCUT2D eigenvalue weighted by atomic mass is 32.1. The minimum absolute atomic E-state index is 0.0681. The maximum Gasteiger partial charge on any atom is 0.407 e. The molecule has 0 radical (unpaired) electrons. The van der Waals surface area contributed by atoms with Crippen molar-refractivity contribution >= 4 is 34.5 Å². The van der Waals surface area contributed by atoms with Crippen molar-refractivity contribution < 1.29 is 33.0 Å². The number of nitrogens with zero attached hydrogens (tertiary/aromatic N) is 2. The van der Waals surface area contributed by atoms with Crippen LogP contribution < -0.4 is 10.2 Å². The van der Waals surface area contributed by atoms with Crippen LogP contribution in [0, 0.1) is 6.92 Å². The molecule has 2 N–H and O–H groups in total. The number of halogens is 2. The van der Waals surface area contributed by atoms with Crippen molar-refractivity contribution in [3.8, 4) is 11.1 Å². The SMILES string of the molecule is Cc1nsc(N(C)C(=O)C(F)(F)CNC(=O)OCC2c3ccccc3-c3ccccc32)c1C(=O)O. The van der Waals surface area contributed by atoms with Gasteiger partial charge in [0.2, 0.25) is 0 Å². The molecule has 1 heterocycles. The third-order valence-corrected chi connectivity index (χ3v) is 6.80. The lowest BCUT2D eigenvalue weighted by molar-refractivity contribution is -0.141. The highest BCUT2D eigenvalue weighted by Gasteiger charge is 2.43. The van der Waals surface area contributed by atoms with Crippen LogP contribution in [0.4, 0.5) is 18.6 Å². The van der Waals surface area contributed by atoms with Crippen LogP contribution in [0.3, 0.4) is 0 Å². The number of carboxylic acid groups (broad SMARTS) is 1. The fraction of sp³-hybridized carbons (Fsp3) is 0.250. The molecule has 0 atom stereocenters. The average Bonchev–Trinajstić information content (AvgIpc) is 3.38. The standard InChI is InChI=1S/C24H21F2N3O5S/c1-13-19(21(30)31)20(35-28-13)29(2)22(32)24(25,26)12-27-23(33)34-11-18-16-9-5-3-7-14(16)15-8-4-6-10-17(15)18/h3-10,18H,11-12H2,1-2H3,(H,27,33)(H,30,31). The minimum atomic E-state index is -4.01. The zero-order chi connectivity index (χ0) is 25.3. The summed E-state index contributed by atoms with van der Waals surface area (Å²) in [6, 6.07) is 15.4. The number of aromatic carboxylic acids is 1. The average molecular weight is 502 g/mol. The lowest BCUT2D eigenvalue weighted by Gasteiger charge is -2.23. The zero-order valence-corrected chi connectivity index (χ0v) is 19.6. The summed E-state index contributed by atoms with van der Waals surface area (Å²) in [5, 5.41) is 11.0. The van der Waals surface area contributed by atoms with Crippen LogP contribution in [0.15, 0.2) is 48.5 Å². The lowest BCUT2D eigenvalue weighted by Crippen LogP contribution is -2.49. The van der Waals surface area contributed by atoms with E-state index in [1.807, 2.05) is 53.8 Å². The molecule has 3 aromatic rings. The van der Waals surface area contributed by atoms with Gasteiger partial charge in [0.25, 0.3) is 5.91 Å². The van der Waals surface area contributed by atoms with Gasteiger partial charge in [-0.05, 0) is 40.7 Å². The largest absolute Gasteiger partial charge is 0.478 e. The molecule has 1 aliphatic carbocycles. The molecule has 2 amide bonds. The number of fused-ring (bicyclic) bond motifs is 3. The summed E-state index contributed by atoms with van der Waals surface area (Å²) in [6.07, 6.45) is -1.10. The van der Waals surface area contributed by atoms with Crippen molar-refractivity contribution in [2.45, 2.75) is 18.8 Å². The smallest absolute Gasteiger partial charge is 0.407 e. The van der Waals surface area contributed by atoms with E-state index in [0.29, 0.717) is 16.4 Å². The number of rotatable bonds is 7. The topological polar surface area (TPSA) is 109 Å². The van der Waals surface area contributed by atoms with E-state index in [1.54, 1.807) is 0 Å². The minimum Gasteiger partial charge on any atom is -0.478 e. The summed E-state index contributed by atoms with van der Waals surface area (Å²) in [5.41, 5.74) is 3.77. The first kappa shape index (κ1) is 24.3. The Morgan fingerprint density at radius 2 is 1.69 bits per heavy atom. The van der Waals surface area contributed by atoms with E-state index < -0.39 is 30.4 Å². The van der Waals surface area contributed by atoms with E-state index in [9.17, 15) is 28.3 Å². The van der Waals surface area contributed by atoms with Crippen LogP contribution in [-0.4, -0.2) is 53.6 Å². The molecule has 4 rings (SSSR count). The normalized spacial score (nSPS) is 12.6. The van der Waals surface area contributed by atoms with E-state index in [2.05, 4.69) is 4.37 Å². The first-order valence-electron chi connectivity index (χ1n) is 10.6. The second-order valence-electron chi connectivity index (χ2n) is 8.00. The Labute approximate surface area is 203 Å². The van der Waals surface area contributed by atoms with E-state index in [1.165, 1.54) is 6.92 Å². The summed E-state index contributed by atoms with van der Waals surface area (Å²) < 4.78 is 38.2. The summed E-state index contributed by atoms with van der Waals surface area (Å²) in [6.45, 7) is 0.0209. The Morgan fingerprint density at radius 1 is 1.11 bits per heavy atom. The summed E-state index contributed by atoms with van der Waals surface area (Å²) in [7, 11) is 1.03. The number of benzene rings is 2. The maximum absolute atomic E-state index is 14.6. The number of carboxylic acids is 1. The van der Waals surface area contributed by atoms with Crippen molar-refractivity contribution in [1.29, 1.82) is 0 Å². The molecule has 35 heavy (non-hydrogen) atoms. The highest BCUT2D eigenvalue weighted by Crippen LogP contribution is 2.44. The lowest BCUT2D eigenvalue weighted by atomic mass is 9.98. The van der Waals surface area contributed by atoms with Crippen LogP contribution in [-0.2, 0) is 9.53 Å². The number of aryl methyl sites for hydroxylation is 1. The van der Waals surface area contributed by atoms with Gasteiger partial charge >= 0.3 is 18.0 Å². The molecule has 0 saturated carbocycles. The number of amides is 2. The molecular weight excluding hydrogens is 480 g/mol. The second-order valence-corrected chi connectivity index (χ2v) is 8.75. The summed E-state index contributed by atoms with van der Waals surface area (Å²) >= 11 is 0.621. The van der Waals surface area contributed by atoms with E-state index >= 15 is 0 Å². The zero-order valence-electron chi connectivity index (χ0n) is 18.7. The van der Waals surface area contributed by atoms with Gasteiger partial charge in [0.15, 0.2) is 0 Å². The predicted molar refractivity (Wildman–Crippen MR) is 125 cm³/mol. The van der Waals surface area contributed by atoms with Gasteiger partial charge in [-0.1, -0.05) is 48.5 Å². The number of aromatic nitrogens is 1. The molecule has 0 aliphatic heterocycles. The second kappa shape index (κ2) is 9.41. The van der Waals surface area contributed by atoms with Crippen LogP contribution in [0.1, 0.15) is 33.1 Å². The van der Waals surface area contributed by atoms with Crippen molar-refractivity contribution in [1.82, 2.24) is 9.69 Å². The van der Waals surface area contributed by atoms with Gasteiger partial charge in [0.05, 0.1) is 12.2 Å².